The van der Waals surface area contributed by atoms with Gasteiger partial charge in [0.05, 0.1) is 43.1 Å². The van der Waals surface area contributed by atoms with Crippen LogP contribution in [0.1, 0.15) is 21.5 Å². The highest BCUT2D eigenvalue weighted by Gasteiger charge is 2.28. The van der Waals surface area contributed by atoms with Gasteiger partial charge in [0, 0.05) is 5.56 Å². The molecule has 1 N–H and O–H groups in total. The van der Waals surface area contributed by atoms with Crippen molar-refractivity contribution in [3.8, 4) is 11.5 Å². The number of amides is 1. The highest BCUT2D eigenvalue weighted by atomic mass is 32.2. The van der Waals surface area contributed by atoms with Crippen molar-refractivity contribution in [3.63, 3.8) is 0 Å². The van der Waals surface area contributed by atoms with E-state index in [1.165, 1.54) is 29.8 Å². The molecule has 0 unspecified atom stereocenters. The topological polar surface area (TPSA) is 97.3 Å². The molecule has 4 aromatic carbocycles. The molecule has 0 aromatic heterocycles. The summed E-state index contributed by atoms with van der Waals surface area (Å²) in [5, 5.41) is 4.08. The zero-order valence-corrected chi connectivity index (χ0v) is 21.8. The first-order valence-corrected chi connectivity index (χ1v) is 13.1. The third-order valence-electron chi connectivity index (χ3n) is 5.72. The van der Waals surface area contributed by atoms with Gasteiger partial charge in [-0.25, -0.2) is 13.8 Å². The number of nitrogens with zero attached hydrogens (tertiary/aromatic N) is 2. The van der Waals surface area contributed by atoms with E-state index in [2.05, 4.69) is 10.5 Å². The first kappa shape index (κ1) is 26.4. The summed E-state index contributed by atoms with van der Waals surface area (Å²) in [6.07, 6.45) is 1.43. The SMILES string of the molecule is COc1ccc(OC)c(/C=N\NC(=O)c2ccccc2N(Cc2ccccc2)S(=O)(=O)c2ccccc2)c1. The quantitative estimate of drug-likeness (QED) is 0.234. The second kappa shape index (κ2) is 12.1. The number of sulfonamides is 1. The third kappa shape index (κ3) is 6.01. The van der Waals surface area contributed by atoms with Crippen molar-refractivity contribution in [2.75, 3.05) is 18.5 Å². The van der Waals surface area contributed by atoms with Crippen molar-refractivity contribution in [1.82, 2.24) is 5.43 Å². The lowest BCUT2D eigenvalue weighted by atomic mass is 10.1. The van der Waals surface area contributed by atoms with Crippen LogP contribution in [0, 0.1) is 0 Å². The summed E-state index contributed by atoms with van der Waals surface area (Å²) in [5.74, 6) is 0.582. The summed E-state index contributed by atoms with van der Waals surface area (Å²) in [4.78, 5) is 13.4. The molecular formula is C29H27N3O5S. The van der Waals surface area contributed by atoms with Crippen LogP contribution in [-0.4, -0.2) is 34.8 Å². The number of nitrogens with one attached hydrogen (secondary N) is 1. The Balaban J connectivity index is 1.68. The van der Waals surface area contributed by atoms with Gasteiger partial charge in [0.15, 0.2) is 0 Å². The molecule has 0 aliphatic rings. The number of hydrogen-bond donors (Lipinski definition) is 1. The molecule has 0 aliphatic carbocycles. The smallest absolute Gasteiger partial charge is 0.273 e. The van der Waals surface area contributed by atoms with E-state index in [1.807, 2.05) is 30.3 Å². The lowest BCUT2D eigenvalue weighted by Crippen LogP contribution is -2.33. The van der Waals surface area contributed by atoms with E-state index in [1.54, 1.807) is 67.8 Å². The number of hydrogen-bond acceptors (Lipinski definition) is 6. The van der Waals surface area contributed by atoms with Gasteiger partial charge in [0.25, 0.3) is 15.9 Å². The number of carbonyl (C=O) groups excluding carboxylic acids is 1. The van der Waals surface area contributed by atoms with Gasteiger partial charge in [-0.3, -0.25) is 9.10 Å². The summed E-state index contributed by atoms with van der Waals surface area (Å²) in [6.45, 7) is 0.0344. The number of carbonyl (C=O) groups is 1. The van der Waals surface area contributed by atoms with E-state index in [4.69, 9.17) is 9.47 Å². The first-order chi connectivity index (χ1) is 18.4. The summed E-state index contributed by atoms with van der Waals surface area (Å²) in [5.41, 5.74) is 4.24. The molecule has 0 atom stereocenters. The van der Waals surface area contributed by atoms with Crippen LogP contribution in [0.25, 0.3) is 0 Å². The van der Waals surface area contributed by atoms with Crippen molar-refractivity contribution in [2.24, 2.45) is 5.10 Å². The van der Waals surface area contributed by atoms with Gasteiger partial charge in [-0.1, -0.05) is 60.7 Å². The number of anilines is 1. The molecule has 194 valence electrons. The maximum absolute atomic E-state index is 13.8. The van der Waals surface area contributed by atoms with Crippen LogP contribution in [0.2, 0.25) is 0 Å². The summed E-state index contributed by atoms with van der Waals surface area (Å²) in [7, 11) is -0.926. The van der Waals surface area contributed by atoms with Gasteiger partial charge in [-0.15, -0.1) is 0 Å². The molecule has 8 nitrogen and oxygen atoms in total. The number of rotatable bonds is 10. The van der Waals surface area contributed by atoms with Crippen LogP contribution in [0.15, 0.2) is 113 Å². The lowest BCUT2D eigenvalue weighted by Gasteiger charge is -2.26. The zero-order valence-electron chi connectivity index (χ0n) is 20.9. The van der Waals surface area contributed by atoms with Crippen molar-refractivity contribution in [1.29, 1.82) is 0 Å². The Labute approximate surface area is 222 Å². The van der Waals surface area contributed by atoms with Crippen LogP contribution in [0.4, 0.5) is 5.69 Å². The van der Waals surface area contributed by atoms with E-state index in [-0.39, 0.29) is 22.7 Å². The fourth-order valence-corrected chi connectivity index (χ4v) is 5.31. The van der Waals surface area contributed by atoms with Crippen molar-refractivity contribution in [2.45, 2.75) is 11.4 Å². The summed E-state index contributed by atoms with van der Waals surface area (Å²) < 4.78 is 39.4. The molecule has 0 saturated carbocycles. The van der Waals surface area contributed by atoms with Crippen LogP contribution in [0.3, 0.4) is 0 Å². The maximum atomic E-state index is 13.8. The molecule has 0 saturated heterocycles. The molecule has 38 heavy (non-hydrogen) atoms. The van der Waals surface area contributed by atoms with Crippen molar-refractivity contribution in [3.05, 3.63) is 120 Å². The molecule has 0 heterocycles. The molecule has 0 aliphatic heterocycles. The largest absolute Gasteiger partial charge is 0.497 e. The molecule has 0 fully saturated rings. The fourth-order valence-electron chi connectivity index (χ4n) is 3.81. The van der Waals surface area contributed by atoms with Gasteiger partial charge in [0.1, 0.15) is 11.5 Å². The Hall–Kier alpha value is -4.63. The van der Waals surface area contributed by atoms with Gasteiger partial charge >= 0.3 is 0 Å². The first-order valence-electron chi connectivity index (χ1n) is 11.7. The monoisotopic (exact) mass is 529 g/mol. The highest BCUT2D eigenvalue weighted by Crippen LogP contribution is 2.29. The van der Waals surface area contributed by atoms with Gasteiger partial charge in [-0.2, -0.15) is 5.10 Å². The van der Waals surface area contributed by atoms with E-state index >= 15 is 0 Å². The molecule has 4 rings (SSSR count). The van der Waals surface area contributed by atoms with Crippen molar-refractivity contribution >= 4 is 27.8 Å². The molecule has 0 spiro atoms. The van der Waals surface area contributed by atoms with E-state index in [0.717, 1.165) is 5.56 Å². The normalized spacial score (nSPS) is 11.2. The van der Waals surface area contributed by atoms with Gasteiger partial charge in [0.2, 0.25) is 0 Å². The fraction of sp³-hybridized carbons (Fsp3) is 0.103. The average Bonchev–Trinajstić information content (AvgIpc) is 2.96. The number of benzene rings is 4. The Morgan fingerprint density at radius 2 is 1.53 bits per heavy atom. The minimum atomic E-state index is -4.00. The minimum Gasteiger partial charge on any atom is -0.497 e. The van der Waals surface area contributed by atoms with E-state index in [0.29, 0.717) is 17.1 Å². The number of ether oxygens (including phenoxy) is 2. The maximum Gasteiger partial charge on any atom is 0.273 e. The minimum absolute atomic E-state index is 0.0344. The van der Waals surface area contributed by atoms with E-state index in [9.17, 15) is 13.2 Å². The number of para-hydroxylation sites is 1. The average molecular weight is 530 g/mol. The molecule has 4 aromatic rings. The lowest BCUT2D eigenvalue weighted by molar-refractivity contribution is 0.0955. The number of hydrazone groups is 1. The van der Waals surface area contributed by atoms with Crippen LogP contribution in [0.5, 0.6) is 11.5 Å². The summed E-state index contributed by atoms with van der Waals surface area (Å²) in [6, 6.07) is 29.0. The Morgan fingerprint density at radius 3 is 2.21 bits per heavy atom. The van der Waals surface area contributed by atoms with Gasteiger partial charge < -0.3 is 9.47 Å². The predicted octanol–water partition coefficient (Wildman–Crippen LogP) is 4.86. The Bertz CT molecular complexity index is 1520. The van der Waals surface area contributed by atoms with Crippen LogP contribution < -0.4 is 19.2 Å². The second-order valence-corrected chi connectivity index (χ2v) is 10.00. The third-order valence-corrected chi connectivity index (χ3v) is 7.50. The standard InChI is InChI=1S/C29H27N3O5S/c1-36-24-17-18-28(37-2)23(19-24)20-30-31-29(33)26-15-9-10-16-27(26)32(21-22-11-5-3-6-12-22)38(34,35)25-13-7-4-8-14-25/h3-20H,21H2,1-2H3,(H,31,33)/b30-20-. The summed E-state index contributed by atoms with van der Waals surface area (Å²) >= 11 is 0. The van der Waals surface area contributed by atoms with Crippen LogP contribution in [-0.2, 0) is 16.6 Å². The Kier molecular flexibility index (Phi) is 8.40. The molecule has 1 amide bonds. The van der Waals surface area contributed by atoms with Crippen molar-refractivity contribution < 1.29 is 22.7 Å². The number of methoxy groups -OCH3 is 2. The van der Waals surface area contributed by atoms with Crippen LogP contribution >= 0.6 is 0 Å². The van der Waals surface area contributed by atoms with E-state index < -0.39 is 15.9 Å². The molecule has 0 bridgehead atoms. The Morgan fingerprint density at radius 1 is 0.868 bits per heavy atom. The molecular weight excluding hydrogens is 502 g/mol. The molecule has 0 radical (unpaired) electrons. The molecule has 9 heteroatoms. The van der Waals surface area contributed by atoms with Gasteiger partial charge in [-0.05, 0) is 48.0 Å². The zero-order chi connectivity index (χ0) is 27.0. The second-order valence-electron chi connectivity index (χ2n) is 8.13. The predicted molar refractivity (Wildman–Crippen MR) is 147 cm³/mol. The highest BCUT2D eigenvalue weighted by molar-refractivity contribution is 7.92.